The molecule has 0 saturated heterocycles. The predicted octanol–water partition coefficient (Wildman–Crippen LogP) is 4.95. The lowest BCUT2D eigenvalue weighted by molar-refractivity contribution is 0.102. The van der Waals surface area contributed by atoms with Gasteiger partial charge in [0, 0.05) is 11.4 Å². The van der Waals surface area contributed by atoms with Crippen LogP contribution in [0.5, 0.6) is 0 Å². The van der Waals surface area contributed by atoms with E-state index in [2.05, 4.69) is 16.9 Å². The number of hydrogen-bond acceptors (Lipinski definition) is 2. The quantitative estimate of drug-likeness (QED) is 0.807. The van der Waals surface area contributed by atoms with E-state index < -0.39 is 0 Å². The first kappa shape index (κ1) is 17.2. The van der Waals surface area contributed by atoms with Crippen LogP contribution in [0.15, 0.2) is 30.9 Å². The zero-order valence-corrected chi connectivity index (χ0v) is 14.7. The van der Waals surface area contributed by atoms with Crippen LogP contribution in [0.2, 0.25) is 5.02 Å². The molecule has 0 spiro atoms. The summed E-state index contributed by atoms with van der Waals surface area (Å²) < 4.78 is 0. The Labute approximate surface area is 142 Å². The standard InChI is InChI=1S/C19H21ClN2O/c1-6-8-15-13(4)21-14(5)17(18(15)20)19(23)22-16-10-7-9-11(2)12(16)3/h6-7,9-10H,1,8H2,2-5H3,(H,22,23). The maximum atomic E-state index is 12.7. The van der Waals surface area contributed by atoms with Crippen molar-refractivity contribution in [2.75, 3.05) is 5.32 Å². The van der Waals surface area contributed by atoms with E-state index >= 15 is 0 Å². The molecule has 2 rings (SSSR count). The van der Waals surface area contributed by atoms with E-state index in [0.29, 0.717) is 22.7 Å². The zero-order valence-electron chi connectivity index (χ0n) is 14.0. The minimum Gasteiger partial charge on any atom is -0.322 e. The van der Waals surface area contributed by atoms with Gasteiger partial charge in [-0.3, -0.25) is 9.78 Å². The van der Waals surface area contributed by atoms with Gasteiger partial charge >= 0.3 is 0 Å². The average Bonchev–Trinajstić information content (AvgIpc) is 2.48. The van der Waals surface area contributed by atoms with Gasteiger partial charge in [-0.1, -0.05) is 29.8 Å². The third kappa shape index (κ3) is 3.45. The number of benzene rings is 1. The molecule has 4 heteroatoms. The van der Waals surface area contributed by atoms with Gasteiger partial charge in [-0.15, -0.1) is 6.58 Å². The fourth-order valence-electron chi connectivity index (χ4n) is 2.56. The lowest BCUT2D eigenvalue weighted by Gasteiger charge is -2.15. The summed E-state index contributed by atoms with van der Waals surface area (Å²) >= 11 is 6.48. The number of amides is 1. The molecule has 2 aromatic rings. The van der Waals surface area contributed by atoms with Crippen molar-refractivity contribution in [1.29, 1.82) is 0 Å². The lowest BCUT2D eigenvalue weighted by atomic mass is 10.0. The molecular weight excluding hydrogens is 308 g/mol. The highest BCUT2D eigenvalue weighted by Crippen LogP contribution is 2.28. The molecule has 1 N–H and O–H groups in total. The Balaban J connectivity index is 2.45. The molecule has 0 atom stereocenters. The number of nitrogens with zero attached hydrogens (tertiary/aromatic N) is 1. The van der Waals surface area contributed by atoms with Crippen LogP contribution in [0.1, 0.15) is 38.4 Å². The van der Waals surface area contributed by atoms with Crippen molar-refractivity contribution < 1.29 is 4.79 Å². The van der Waals surface area contributed by atoms with Gasteiger partial charge in [0.15, 0.2) is 0 Å². The summed E-state index contributed by atoms with van der Waals surface area (Å²) in [5.74, 6) is -0.237. The van der Waals surface area contributed by atoms with Gasteiger partial charge in [0.25, 0.3) is 5.91 Å². The summed E-state index contributed by atoms with van der Waals surface area (Å²) in [7, 11) is 0. The highest BCUT2D eigenvalue weighted by molar-refractivity contribution is 6.35. The van der Waals surface area contributed by atoms with Gasteiger partial charge in [-0.05, 0) is 56.9 Å². The predicted molar refractivity (Wildman–Crippen MR) is 96.5 cm³/mol. The number of allylic oxidation sites excluding steroid dienone is 1. The SMILES string of the molecule is C=CCc1c(C)nc(C)c(C(=O)Nc2cccc(C)c2C)c1Cl. The van der Waals surface area contributed by atoms with Crippen LogP contribution in [-0.4, -0.2) is 10.9 Å². The van der Waals surface area contributed by atoms with E-state index in [1.807, 2.05) is 39.0 Å². The van der Waals surface area contributed by atoms with Crippen molar-refractivity contribution in [3.8, 4) is 0 Å². The Hall–Kier alpha value is -2.13. The van der Waals surface area contributed by atoms with Gasteiger partial charge in [-0.25, -0.2) is 0 Å². The van der Waals surface area contributed by atoms with Gasteiger partial charge in [-0.2, -0.15) is 0 Å². The van der Waals surface area contributed by atoms with Crippen molar-refractivity contribution in [2.24, 2.45) is 0 Å². The first-order chi connectivity index (χ1) is 10.9. The lowest BCUT2D eigenvalue weighted by Crippen LogP contribution is -2.17. The van der Waals surface area contributed by atoms with Crippen LogP contribution in [-0.2, 0) is 6.42 Å². The van der Waals surface area contributed by atoms with Crippen molar-refractivity contribution in [3.05, 3.63) is 69.5 Å². The van der Waals surface area contributed by atoms with E-state index in [9.17, 15) is 4.79 Å². The van der Waals surface area contributed by atoms with Crippen LogP contribution >= 0.6 is 11.6 Å². The summed E-state index contributed by atoms with van der Waals surface area (Å²) in [6.07, 6.45) is 2.35. The first-order valence-corrected chi connectivity index (χ1v) is 7.88. The van der Waals surface area contributed by atoms with Crippen molar-refractivity contribution >= 4 is 23.2 Å². The summed E-state index contributed by atoms with van der Waals surface area (Å²) in [4.78, 5) is 17.2. The average molecular weight is 329 g/mol. The van der Waals surface area contributed by atoms with Crippen LogP contribution < -0.4 is 5.32 Å². The second-order valence-electron chi connectivity index (χ2n) is 5.64. The number of nitrogens with one attached hydrogen (secondary N) is 1. The van der Waals surface area contributed by atoms with Crippen molar-refractivity contribution in [3.63, 3.8) is 0 Å². The Kier molecular flexibility index (Phi) is 5.22. The van der Waals surface area contributed by atoms with Crippen LogP contribution in [0, 0.1) is 27.7 Å². The topological polar surface area (TPSA) is 42.0 Å². The van der Waals surface area contributed by atoms with Crippen LogP contribution in [0.3, 0.4) is 0 Å². The molecule has 0 aliphatic carbocycles. The number of halogens is 1. The molecule has 0 aliphatic rings. The number of carbonyl (C=O) groups excluding carboxylic acids is 1. The molecular formula is C19H21ClN2O. The Morgan fingerprint density at radius 1 is 1.26 bits per heavy atom. The minimum absolute atomic E-state index is 0.237. The maximum Gasteiger partial charge on any atom is 0.259 e. The number of aryl methyl sites for hydroxylation is 3. The molecule has 1 aromatic carbocycles. The first-order valence-electron chi connectivity index (χ1n) is 7.50. The number of aromatic nitrogens is 1. The zero-order chi connectivity index (χ0) is 17.1. The second-order valence-corrected chi connectivity index (χ2v) is 6.02. The van der Waals surface area contributed by atoms with Crippen LogP contribution in [0.25, 0.3) is 0 Å². The van der Waals surface area contributed by atoms with E-state index in [0.717, 1.165) is 28.1 Å². The molecule has 1 amide bonds. The highest BCUT2D eigenvalue weighted by atomic mass is 35.5. The summed E-state index contributed by atoms with van der Waals surface area (Å²) in [5, 5.41) is 3.40. The highest BCUT2D eigenvalue weighted by Gasteiger charge is 2.20. The smallest absolute Gasteiger partial charge is 0.259 e. The Bertz CT molecular complexity index is 781. The molecule has 0 fully saturated rings. The van der Waals surface area contributed by atoms with Crippen molar-refractivity contribution in [2.45, 2.75) is 34.1 Å². The fraction of sp³-hybridized carbons (Fsp3) is 0.263. The van der Waals surface area contributed by atoms with E-state index in [1.54, 1.807) is 13.0 Å². The third-order valence-corrected chi connectivity index (χ3v) is 4.46. The monoisotopic (exact) mass is 328 g/mol. The van der Waals surface area contributed by atoms with Gasteiger partial charge in [0.05, 0.1) is 16.3 Å². The summed E-state index contributed by atoms with van der Waals surface area (Å²) in [5.41, 5.74) is 5.68. The molecule has 0 bridgehead atoms. The largest absolute Gasteiger partial charge is 0.322 e. The molecule has 23 heavy (non-hydrogen) atoms. The maximum absolute atomic E-state index is 12.7. The number of hydrogen-bond donors (Lipinski definition) is 1. The summed E-state index contributed by atoms with van der Waals surface area (Å²) in [6, 6.07) is 5.82. The summed E-state index contributed by atoms with van der Waals surface area (Å²) in [6.45, 7) is 11.4. The molecule has 1 heterocycles. The number of rotatable bonds is 4. The minimum atomic E-state index is -0.237. The van der Waals surface area contributed by atoms with E-state index in [-0.39, 0.29) is 5.91 Å². The fourth-order valence-corrected chi connectivity index (χ4v) is 3.00. The molecule has 0 unspecified atom stereocenters. The number of anilines is 1. The van der Waals surface area contributed by atoms with E-state index in [4.69, 9.17) is 11.6 Å². The second kappa shape index (κ2) is 6.97. The normalized spacial score (nSPS) is 10.5. The Morgan fingerprint density at radius 2 is 1.96 bits per heavy atom. The molecule has 0 aliphatic heterocycles. The number of pyridine rings is 1. The van der Waals surface area contributed by atoms with Crippen molar-refractivity contribution in [1.82, 2.24) is 4.98 Å². The molecule has 0 radical (unpaired) electrons. The molecule has 120 valence electrons. The third-order valence-electron chi connectivity index (χ3n) is 4.05. The molecule has 1 aromatic heterocycles. The van der Waals surface area contributed by atoms with Gasteiger partial charge < -0.3 is 5.32 Å². The van der Waals surface area contributed by atoms with Gasteiger partial charge in [0.1, 0.15) is 0 Å². The molecule has 3 nitrogen and oxygen atoms in total. The number of carbonyl (C=O) groups is 1. The molecule has 0 saturated carbocycles. The van der Waals surface area contributed by atoms with E-state index in [1.165, 1.54) is 0 Å². The van der Waals surface area contributed by atoms with Crippen LogP contribution in [0.4, 0.5) is 5.69 Å². The van der Waals surface area contributed by atoms with Gasteiger partial charge in [0.2, 0.25) is 0 Å². The Morgan fingerprint density at radius 3 is 2.61 bits per heavy atom.